The van der Waals surface area contributed by atoms with Crippen LogP contribution in [0.4, 0.5) is 0 Å². The molecule has 1 heterocycles. The van der Waals surface area contributed by atoms with E-state index in [1.165, 1.54) is 18.2 Å². The van der Waals surface area contributed by atoms with E-state index in [-0.39, 0.29) is 27.4 Å². The summed E-state index contributed by atoms with van der Waals surface area (Å²) in [5, 5.41) is 8.92. The van der Waals surface area contributed by atoms with E-state index < -0.39 is 10.0 Å². The van der Waals surface area contributed by atoms with Crippen molar-refractivity contribution in [2.24, 2.45) is 5.92 Å². The van der Waals surface area contributed by atoms with Crippen LogP contribution in [0.2, 0.25) is 5.02 Å². The topological polar surface area (TPSA) is 79.2 Å². The van der Waals surface area contributed by atoms with Crippen LogP contribution < -0.4 is 4.72 Å². The lowest BCUT2D eigenvalue weighted by molar-refractivity contribution is 0.180. The first-order chi connectivity index (χ1) is 9.44. The molecule has 1 aliphatic rings. The SMILES string of the molecule is CC(NS(=O)(=O)c1ccc(C#N)c(Cl)c1)C1CCOC1. The highest BCUT2D eigenvalue weighted by Gasteiger charge is 2.27. The Bertz CT molecular complexity index is 634. The molecular weight excluding hydrogens is 300 g/mol. The number of halogens is 1. The fourth-order valence-electron chi connectivity index (χ4n) is 2.11. The molecule has 5 nitrogen and oxygen atoms in total. The number of nitrogens with zero attached hydrogens (tertiary/aromatic N) is 1. The minimum atomic E-state index is -3.64. The first-order valence-corrected chi connectivity index (χ1v) is 8.10. The van der Waals surface area contributed by atoms with Gasteiger partial charge in [0.1, 0.15) is 6.07 Å². The molecule has 0 spiro atoms. The molecule has 7 heteroatoms. The Balaban J connectivity index is 2.18. The zero-order valence-corrected chi connectivity index (χ0v) is 12.5. The van der Waals surface area contributed by atoms with E-state index in [9.17, 15) is 8.42 Å². The maximum atomic E-state index is 12.3. The average molecular weight is 315 g/mol. The Labute approximate surface area is 123 Å². The summed E-state index contributed by atoms with van der Waals surface area (Å²) in [6.45, 7) is 3.05. The first-order valence-electron chi connectivity index (χ1n) is 6.24. The van der Waals surface area contributed by atoms with Gasteiger partial charge in [-0.05, 0) is 31.5 Å². The van der Waals surface area contributed by atoms with Gasteiger partial charge in [0.25, 0.3) is 0 Å². The molecule has 2 atom stereocenters. The van der Waals surface area contributed by atoms with Crippen LogP contribution in [0.5, 0.6) is 0 Å². The normalized spacial score (nSPS) is 20.6. The second-order valence-electron chi connectivity index (χ2n) is 4.79. The van der Waals surface area contributed by atoms with Crippen LogP contribution in [-0.2, 0) is 14.8 Å². The molecule has 2 rings (SSSR count). The average Bonchev–Trinajstić information content (AvgIpc) is 2.92. The van der Waals surface area contributed by atoms with Gasteiger partial charge in [0, 0.05) is 18.6 Å². The Hall–Kier alpha value is -1.13. The third-order valence-electron chi connectivity index (χ3n) is 3.38. The second-order valence-corrected chi connectivity index (χ2v) is 6.91. The summed E-state index contributed by atoms with van der Waals surface area (Å²) < 4.78 is 32.4. The number of hydrogen-bond acceptors (Lipinski definition) is 4. The number of hydrogen-bond donors (Lipinski definition) is 1. The summed E-state index contributed by atoms with van der Waals surface area (Å²) in [5.41, 5.74) is 0.253. The number of ether oxygens (including phenoxy) is 1. The lowest BCUT2D eigenvalue weighted by Crippen LogP contribution is -2.38. The molecule has 0 saturated carbocycles. The molecule has 1 aliphatic heterocycles. The fourth-order valence-corrected chi connectivity index (χ4v) is 3.74. The van der Waals surface area contributed by atoms with Gasteiger partial charge in [-0.2, -0.15) is 5.26 Å². The molecule has 108 valence electrons. The van der Waals surface area contributed by atoms with Crippen molar-refractivity contribution >= 4 is 21.6 Å². The van der Waals surface area contributed by atoms with Gasteiger partial charge in [0.2, 0.25) is 10.0 Å². The van der Waals surface area contributed by atoms with Gasteiger partial charge in [-0.3, -0.25) is 0 Å². The van der Waals surface area contributed by atoms with Crippen LogP contribution in [0.1, 0.15) is 18.9 Å². The van der Waals surface area contributed by atoms with Gasteiger partial charge >= 0.3 is 0 Å². The highest BCUT2D eigenvalue weighted by Crippen LogP contribution is 2.22. The molecular formula is C13H15ClN2O3S. The van der Waals surface area contributed by atoms with Gasteiger partial charge in [-0.15, -0.1) is 0 Å². The van der Waals surface area contributed by atoms with Crippen LogP contribution in [0.25, 0.3) is 0 Å². The smallest absolute Gasteiger partial charge is 0.240 e. The molecule has 0 aliphatic carbocycles. The minimum Gasteiger partial charge on any atom is -0.381 e. The van der Waals surface area contributed by atoms with Crippen molar-refractivity contribution in [1.82, 2.24) is 4.72 Å². The summed E-state index contributed by atoms with van der Waals surface area (Å²) in [4.78, 5) is 0.0623. The maximum absolute atomic E-state index is 12.3. The van der Waals surface area contributed by atoms with E-state index in [0.717, 1.165) is 6.42 Å². The molecule has 1 fully saturated rings. The van der Waals surface area contributed by atoms with Crippen LogP contribution in [0.3, 0.4) is 0 Å². The van der Waals surface area contributed by atoms with E-state index in [1.54, 1.807) is 0 Å². The van der Waals surface area contributed by atoms with Crippen LogP contribution in [-0.4, -0.2) is 27.7 Å². The van der Waals surface area contributed by atoms with Crippen molar-refractivity contribution in [3.8, 4) is 6.07 Å². The number of rotatable bonds is 4. The first kappa shape index (κ1) is 15.3. The summed E-state index contributed by atoms with van der Waals surface area (Å²) in [6, 6.07) is 5.76. The largest absolute Gasteiger partial charge is 0.381 e. The Kier molecular flexibility index (Phi) is 4.66. The number of sulfonamides is 1. The highest BCUT2D eigenvalue weighted by molar-refractivity contribution is 7.89. The molecule has 1 N–H and O–H groups in total. The van der Waals surface area contributed by atoms with Gasteiger partial charge in [-0.1, -0.05) is 11.6 Å². The lowest BCUT2D eigenvalue weighted by Gasteiger charge is -2.19. The molecule has 20 heavy (non-hydrogen) atoms. The van der Waals surface area contributed by atoms with E-state index in [4.69, 9.17) is 21.6 Å². The maximum Gasteiger partial charge on any atom is 0.240 e. The summed E-state index contributed by atoms with van der Waals surface area (Å²) in [7, 11) is -3.64. The molecule has 0 radical (unpaired) electrons. The van der Waals surface area contributed by atoms with Crippen molar-refractivity contribution in [1.29, 1.82) is 5.26 Å². The molecule has 0 aromatic heterocycles. The lowest BCUT2D eigenvalue weighted by atomic mass is 10.0. The summed E-state index contributed by atoms with van der Waals surface area (Å²) in [6.07, 6.45) is 0.845. The highest BCUT2D eigenvalue weighted by atomic mass is 35.5. The van der Waals surface area contributed by atoms with Gasteiger partial charge in [0.15, 0.2) is 0 Å². The molecule has 1 aromatic carbocycles. The summed E-state index contributed by atoms with van der Waals surface area (Å²) >= 11 is 5.86. The van der Waals surface area contributed by atoms with Crippen molar-refractivity contribution in [2.45, 2.75) is 24.3 Å². The Morgan fingerprint density at radius 2 is 2.30 bits per heavy atom. The van der Waals surface area contributed by atoms with Gasteiger partial charge < -0.3 is 4.74 Å². The number of nitrogens with one attached hydrogen (secondary N) is 1. The molecule has 0 bridgehead atoms. The molecule has 1 saturated heterocycles. The van der Waals surface area contributed by atoms with Crippen LogP contribution >= 0.6 is 11.6 Å². The van der Waals surface area contributed by atoms with Crippen molar-refractivity contribution in [3.05, 3.63) is 28.8 Å². The predicted molar refractivity (Wildman–Crippen MR) is 74.9 cm³/mol. The van der Waals surface area contributed by atoms with Crippen molar-refractivity contribution in [3.63, 3.8) is 0 Å². The van der Waals surface area contributed by atoms with Crippen molar-refractivity contribution < 1.29 is 13.2 Å². The minimum absolute atomic E-state index is 0.0623. The summed E-state index contributed by atoms with van der Waals surface area (Å²) in [5.74, 6) is 0.179. The van der Waals surface area contributed by atoms with Crippen molar-refractivity contribution in [2.75, 3.05) is 13.2 Å². The third-order valence-corrected chi connectivity index (χ3v) is 5.25. The van der Waals surface area contributed by atoms with E-state index in [0.29, 0.717) is 13.2 Å². The van der Waals surface area contributed by atoms with E-state index >= 15 is 0 Å². The Morgan fingerprint density at radius 1 is 1.55 bits per heavy atom. The van der Waals surface area contributed by atoms with E-state index in [2.05, 4.69) is 4.72 Å². The monoisotopic (exact) mass is 314 g/mol. The quantitative estimate of drug-likeness (QED) is 0.920. The van der Waals surface area contributed by atoms with Gasteiger partial charge in [0.05, 0.1) is 22.1 Å². The molecule has 2 unspecified atom stereocenters. The van der Waals surface area contributed by atoms with Gasteiger partial charge in [-0.25, -0.2) is 13.1 Å². The zero-order chi connectivity index (χ0) is 14.8. The van der Waals surface area contributed by atoms with Crippen LogP contribution in [0.15, 0.2) is 23.1 Å². The number of nitriles is 1. The zero-order valence-electron chi connectivity index (χ0n) is 11.0. The third kappa shape index (κ3) is 3.30. The van der Waals surface area contributed by atoms with Crippen LogP contribution in [0, 0.1) is 17.2 Å². The molecule has 1 aromatic rings. The van der Waals surface area contributed by atoms with E-state index in [1.807, 2.05) is 13.0 Å². The second kappa shape index (κ2) is 6.10. The fraction of sp³-hybridized carbons (Fsp3) is 0.462. The Morgan fingerprint density at radius 3 is 2.85 bits per heavy atom. The number of benzene rings is 1. The predicted octanol–water partition coefficient (Wildman–Crippen LogP) is 1.91. The standard InChI is InChI=1S/C13H15ClN2O3S/c1-9(11-4-5-19-8-11)16-20(17,18)12-3-2-10(7-15)13(14)6-12/h2-3,6,9,11,16H,4-5,8H2,1H3. The molecule has 0 amide bonds.